The van der Waals surface area contributed by atoms with Crippen LogP contribution in [0.2, 0.25) is 0 Å². The first-order valence-corrected chi connectivity index (χ1v) is 10.4. The third-order valence-electron chi connectivity index (χ3n) is 5.33. The Kier molecular flexibility index (Phi) is 6.02. The van der Waals surface area contributed by atoms with Crippen molar-refractivity contribution in [2.75, 3.05) is 20.3 Å². The number of amides is 1. The van der Waals surface area contributed by atoms with Gasteiger partial charge in [0.15, 0.2) is 11.5 Å². The van der Waals surface area contributed by atoms with E-state index < -0.39 is 0 Å². The van der Waals surface area contributed by atoms with E-state index in [1.807, 2.05) is 53.4 Å². The number of hydrogen-bond donors (Lipinski definition) is 1. The summed E-state index contributed by atoms with van der Waals surface area (Å²) in [6, 6.07) is 13.6. The smallest absolute Gasteiger partial charge is 0.247 e. The van der Waals surface area contributed by atoms with Gasteiger partial charge < -0.3 is 19.4 Å². The minimum Gasteiger partial charge on any atom is -0.493 e. The van der Waals surface area contributed by atoms with E-state index >= 15 is 0 Å². The second kappa shape index (κ2) is 9.03. The molecule has 1 aliphatic rings. The summed E-state index contributed by atoms with van der Waals surface area (Å²) >= 11 is 0. The summed E-state index contributed by atoms with van der Waals surface area (Å²) in [6.07, 6.45) is 6.27. The number of imidazole rings is 1. The van der Waals surface area contributed by atoms with Gasteiger partial charge in [0.25, 0.3) is 0 Å². The topological polar surface area (TPSA) is 67.5 Å². The van der Waals surface area contributed by atoms with Gasteiger partial charge in [-0.25, -0.2) is 4.98 Å². The van der Waals surface area contributed by atoms with E-state index in [9.17, 15) is 4.79 Å². The average molecular weight is 405 g/mol. The molecule has 156 valence electrons. The molecule has 4 rings (SSSR count). The zero-order valence-corrected chi connectivity index (χ0v) is 17.4. The van der Waals surface area contributed by atoms with Gasteiger partial charge in [0, 0.05) is 12.6 Å². The van der Waals surface area contributed by atoms with Crippen molar-refractivity contribution in [1.29, 1.82) is 0 Å². The summed E-state index contributed by atoms with van der Waals surface area (Å²) in [5.41, 5.74) is 2.82. The van der Waals surface area contributed by atoms with Crippen LogP contribution in [-0.2, 0) is 4.79 Å². The Hall–Kier alpha value is -3.28. The summed E-state index contributed by atoms with van der Waals surface area (Å²) in [4.78, 5) is 22.9. The minimum absolute atomic E-state index is 0.0109. The van der Waals surface area contributed by atoms with Gasteiger partial charge in [-0.2, -0.15) is 0 Å². The van der Waals surface area contributed by atoms with Gasteiger partial charge in [0.05, 0.1) is 30.8 Å². The molecule has 3 aromatic rings. The molecule has 1 saturated heterocycles. The van der Waals surface area contributed by atoms with Crippen molar-refractivity contribution in [2.24, 2.45) is 0 Å². The summed E-state index contributed by atoms with van der Waals surface area (Å²) in [7, 11) is 1.62. The van der Waals surface area contributed by atoms with Crippen LogP contribution in [0.3, 0.4) is 0 Å². The molecule has 1 amide bonds. The number of fused-ring (bicyclic) bond motifs is 1. The van der Waals surface area contributed by atoms with Crippen molar-refractivity contribution in [1.82, 2.24) is 14.9 Å². The maximum absolute atomic E-state index is 12.9. The normalized spacial score (nSPS) is 16.5. The molecule has 6 nitrogen and oxygen atoms in total. The van der Waals surface area contributed by atoms with E-state index in [1.54, 1.807) is 13.2 Å². The monoisotopic (exact) mass is 405 g/mol. The number of rotatable bonds is 7. The first kappa shape index (κ1) is 20.0. The van der Waals surface area contributed by atoms with E-state index in [-0.39, 0.29) is 11.9 Å². The number of nitrogens with one attached hydrogen (secondary N) is 1. The van der Waals surface area contributed by atoms with Crippen molar-refractivity contribution in [3.05, 3.63) is 59.9 Å². The van der Waals surface area contributed by atoms with E-state index in [1.165, 1.54) is 0 Å². The standard InChI is InChI=1S/C24H27N3O3/c1-3-15-30-21-12-10-17(16-22(21)29-2)11-13-23(28)27-14-6-9-20(27)24-25-18-7-4-5-8-19(18)26-24/h4-5,7-8,10-13,16,20H,3,6,9,14-15H2,1-2H3,(H,25,26). The molecular formula is C24H27N3O3. The van der Waals surface area contributed by atoms with Gasteiger partial charge in [0.1, 0.15) is 5.82 Å². The van der Waals surface area contributed by atoms with Gasteiger partial charge in [-0.3, -0.25) is 4.79 Å². The molecule has 2 aromatic carbocycles. The predicted octanol–water partition coefficient (Wildman–Crippen LogP) is 4.74. The van der Waals surface area contributed by atoms with Crippen molar-refractivity contribution in [2.45, 2.75) is 32.2 Å². The lowest BCUT2D eigenvalue weighted by atomic mass is 10.1. The lowest BCUT2D eigenvalue weighted by Gasteiger charge is -2.21. The quantitative estimate of drug-likeness (QED) is 0.577. The van der Waals surface area contributed by atoms with Crippen LogP contribution in [0, 0.1) is 0 Å². The number of methoxy groups -OCH3 is 1. The zero-order chi connectivity index (χ0) is 20.9. The number of likely N-dealkylation sites (tertiary alicyclic amines) is 1. The minimum atomic E-state index is -0.0195. The Labute approximate surface area is 176 Å². The fraction of sp³-hybridized carbons (Fsp3) is 0.333. The molecule has 0 aliphatic carbocycles. The highest BCUT2D eigenvalue weighted by atomic mass is 16.5. The summed E-state index contributed by atoms with van der Waals surface area (Å²) in [5.74, 6) is 2.23. The molecule has 1 aromatic heterocycles. The van der Waals surface area contributed by atoms with E-state index in [4.69, 9.17) is 14.5 Å². The van der Waals surface area contributed by atoms with Crippen LogP contribution in [0.15, 0.2) is 48.5 Å². The molecule has 0 saturated carbocycles. The molecule has 0 spiro atoms. The molecule has 1 aliphatic heterocycles. The first-order valence-electron chi connectivity index (χ1n) is 10.4. The fourth-order valence-corrected chi connectivity index (χ4v) is 3.83. The molecule has 0 radical (unpaired) electrons. The molecule has 30 heavy (non-hydrogen) atoms. The SMILES string of the molecule is CCCOc1ccc(C=CC(=O)N2CCCC2c2nc3ccccc3[nH]2)cc1OC. The van der Waals surface area contributed by atoms with E-state index in [2.05, 4.69) is 11.9 Å². The molecule has 1 atom stereocenters. The number of benzene rings is 2. The molecule has 1 unspecified atom stereocenters. The van der Waals surface area contributed by atoms with Crippen LogP contribution >= 0.6 is 0 Å². The highest BCUT2D eigenvalue weighted by Gasteiger charge is 2.31. The van der Waals surface area contributed by atoms with Crippen molar-refractivity contribution in [3.8, 4) is 11.5 Å². The number of hydrogen-bond acceptors (Lipinski definition) is 4. The fourth-order valence-electron chi connectivity index (χ4n) is 3.83. The van der Waals surface area contributed by atoms with Crippen molar-refractivity contribution in [3.63, 3.8) is 0 Å². The largest absolute Gasteiger partial charge is 0.493 e. The van der Waals surface area contributed by atoms with Gasteiger partial charge in [-0.05, 0) is 55.2 Å². The van der Waals surface area contributed by atoms with Crippen LogP contribution < -0.4 is 9.47 Å². The number of carbonyl (C=O) groups is 1. The van der Waals surface area contributed by atoms with Gasteiger partial charge in [0.2, 0.25) is 5.91 Å². The molecule has 1 N–H and O–H groups in total. The number of nitrogens with zero attached hydrogens (tertiary/aromatic N) is 2. The van der Waals surface area contributed by atoms with Crippen molar-refractivity contribution < 1.29 is 14.3 Å². The number of aromatic amines is 1. The molecule has 2 heterocycles. The van der Waals surface area contributed by atoms with E-state index in [0.29, 0.717) is 18.1 Å². The van der Waals surface area contributed by atoms with Crippen LogP contribution in [0.4, 0.5) is 0 Å². The Morgan fingerprint density at radius 3 is 2.93 bits per heavy atom. The van der Waals surface area contributed by atoms with Crippen LogP contribution in [0.5, 0.6) is 11.5 Å². The van der Waals surface area contributed by atoms with Gasteiger partial charge >= 0.3 is 0 Å². The molecule has 0 bridgehead atoms. The maximum Gasteiger partial charge on any atom is 0.247 e. The number of aromatic nitrogens is 2. The van der Waals surface area contributed by atoms with Crippen molar-refractivity contribution >= 4 is 23.0 Å². The Balaban J connectivity index is 1.49. The lowest BCUT2D eigenvalue weighted by Crippen LogP contribution is -2.29. The maximum atomic E-state index is 12.9. The van der Waals surface area contributed by atoms with Gasteiger partial charge in [-0.15, -0.1) is 0 Å². The summed E-state index contributed by atoms with van der Waals surface area (Å²) in [6.45, 7) is 3.44. The predicted molar refractivity (Wildman–Crippen MR) is 118 cm³/mol. The molecule has 1 fully saturated rings. The average Bonchev–Trinajstić information content (AvgIpc) is 3.43. The first-order chi connectivity index (χ1) is 14.7. The van der Waals surface area contributed by atoms with Crippen LogP contribution in [-0.4, -0.2) is 41.0 Å². The Morgan fingerprint density at radius 1 is 1.27 bits per heavy atom. The third kappa shape index (κ3) is 4.17. The molecule has 6 heteroatoms. The highest BCUT2D eigenvalue weighted by molar-refractivity contribution is 5.92. The van der Waals surface area contributed by atoms with Gasteiger partial charge in [-0.1, -0.05) is 25.1 Å². The number of carbonyl (C=O) groups excluding carboxylic acids is 1. The van der Waals surface area contributed by atoms with Crippen LogP contribution in [0.1, 0.15) is 43.6 Å². The second-order valence-corrected chi connectivity index (χ2v) is 7.42. The highest BCUT2D eigenvalue weighted by Crippen LogP contribution is 2.32. The number of ether oxygens (including phenoxy) is 2. The zero-order valence-electron chi connectivity index (χ0n) is 17.4. The van der Waals surface area contributed by atoms with Crippen LogP contribution in [0.25, 0.3) is 17.1 Å². The Morgan fingerprint density at radius 2 is 2.13 bits per heavy atom. The molecular weight excluding hydrogens is 378 g/mol. The number of H-pyrrole nitrogens is 1. The second-order valence-electron chi connectivity index (χ2n) is 7.42. The van der Waals surface area contributed by atoms with E-state index in [0.717, 1.165) is 48.2 Å². The third-order valence-corrected chi connectivity index (χ3v) is 5.33. The summed E-state index contributed by atoms with van der Waals surface area (Å²) < 4.78 is 11.1. The number of para-hydroxylation sites is 2. The summed E-state index contributed by atoms with van der Waals surface area (Å²) in [5, 5.41) is 0. The lowest BCUT2D eigenvalue weighted by molar-refractivity contribution is -0.126. The Bertz CT molecular complexity index is 1020.